The molecule has 2 aromatic rings. The monoisotopic (exact) mass is 355 g/mol. The van der Waals surface area contributed by atoms with Crippen molar-refractivity contribution in [1.82, 2.24) is 5.43 Å². The molecule has 0 aliphatic carbocycles. The van der Waals surface area contributed by atoms with Gasteiger partial charge in [0.25, 0.3) is 0 Å². The van der Waals surface area contributed by atoms with Gasteiger partial charge in [-0.25, -0.2) is 5.43 Å². The first-order valence-electron chi connectivity index (χ1n) is 8.02. The van der Waals surface area contributed by atoms with E-state index in [2.05, 4.69) is 15.8 Å². The first kappa shape index (κ1) is 19.0. The average molecular weight is 355 g/mol. The van der Waals surface area contributed by atoms with Gasteiger partial charge in [0, 0.05) is 5.69 Å². The van der Waals surface area contributed by atoms with E-state index in [1.54, 1.807) is 37.4 Å². The quantitative estimate of drug-likeness (QED) is 0.473. The molecule has 2 rings (SSSR count). The molecule has 0 aliphatic rings. The fraction of sp³-hybridized carbons (Fsp3) is 0.211. The van der Waals surface area contributed by atoms with E-state index >= 15 is 0 Å². The van der Waals surface area contributed by atoms with Crippen LogP contribution in [0.2, 0.25) is 0 Å². The van der Waals surface area contributed by atoms with E-state index in [4.69, 9.17) is 9.47 Å². The number of benzene rings is 2. The van der Waals surface area contributed by atoms with E-state index in [0.717, 1.165) is 12.0 Å². The lowest BCUT2D eigenvalue weighted by molar-refractivity contribution is -0.136. The Labute approximate surface area is 152 Å². The zero-order valence-electron chi connectivity index (χ0n) is 14.9. The van der Waals surface area contributed by atoms with E-state index in [-0.39, 0.29) is 0 Å². The summed E-state index contributed by atoms with van der Waals surface area (Å²) in [5, 5.41) is 6.29. The first-order chi connectivity index (χ1) is 12.6. The summed E-state index contributed by atoms with van der Waals surface area (Å²) in [7, 11) is 3.07. The van der Waals surface area contributed by atoms with E-state index in [9.17, 15) is 9.59 Å². The third kappa shape index (κ3) is 5.07. The molecule has 2 N–H and O–H groups in total. The van der Waals surface area contributed by atoms with Crippen LogP contribution in [0.5, 0.6) is 11.5 Å². The zero-order valence-corrected chi connectivity index (χ0v) is 14.9. The number of aryl methyl sites for hydroxylation is 1. The molecule has 0 radical (unpaired) electrons. The standard InChI is InChI=1S/C19H21N3O4/c1-4-13-5-8-15(9-6-13)21-18(23)19(24)22-20-12-14-7-10-16(25-2)17(11-14)26-3/h5-12H,4H2,1-3H3,(H,21,23)(H,22,24). The minimum Gasteiger partial charge on any atom is -0.493 e. The van der Waals surface area contributed by atoms with Crippen LogP contribution >= 0.6 is 0 Å². The van der Waals surface area contributed by atoms with Crippen LogP contribution in [-0.2, 0) is 16.0 Å². The van der Waals surface area contributed by atoms with Gasteiger partial charge in [-0.1, -0.05) is 19.1 Å². The van der Waals surface area contributed by atoms with Crippen LogP contribution in [-0.4, -0.2) is 32.2 Å². The topological polar surface area (TPSA) is 89.0 Å². The molecule has 26 heavy (non-hydrogen) atoms. The van der Waals surface area contributed by atoms with E-state index in [1.807, 2.05) is 19.1 Å². The average Bonchev–Trinajstić information content (AvgIpc) is 2.68. The number of amides is 2. The van der Waals surface area contributed by atoms with Crippen LogP contribution in [0.25, 0.3) is 0 Å². The Hall–Kier alpha value is -3.35. The van der Waals surface area contributed by atoms with Crippen LogP contribution in [0.1, 0.15) is 18.1 Å². The van der Waals surface area contributed by atoms with Crippen molar-refractivity contribution in [1.29, 1.82) is 0 Å². The number of carbonyl (C=O) groups is 2. The fourth-order valence-electron chi connectivity index (χ4n) is 2.16. The minimum atomic E-state index is -0.860. The number of carbonyl (C=O) groups excluding carboxylic acids is 2. The number of rotatable bonds is 6. The van der Waals surface area contributed by atoms with Gasteiger partial charge in [0.05, 0.1) is 20.4 Å². The van der Waals surface area contributed by atoms with E-state index in [0.29, 0.717) is 22.7 Å². The molecular formula is C19H21N3O4. The van der Waals surface area contributed by atoms with Crippen molar-refractivity contribution in [3.8, 4) is 11.5 Å². The van der Waals surface area contributed by atoms with Crippen LogP contribution in [0, 0.1) is 0 Å². The molecule has 0 heterocycles. The molecule has 0 unspecified atom stereocenters. The van der Waals surface area contributed by atoms with Gasteiger partial charge in [0.2, 0.25) is 0 Å². The van der Waals surface area contributed by atoms with Gasteiger partial charge >= 0.3 is 11.8 Å². The Morgan fingerprint density at radius 3 is 2.31 bits per heavy atom. The van der Waals surface area contributed by atoms with Crippen molar-refractivity contribution in [2.75, 3.05) is 19.5 Å². The van der Waals surface area contributed by atoms with Crippen molar-refractivity contribution in [2.45, 2.75) is 13.3 Å². The van der Waals surface area contributed by atoms with Crippen molar-refractivity contribution >= 4 is 23.7 Å². The van der Waals surface area contributed by atoms with Gasteiger partial charge in [0.15, 0.2) is 11.5 Å². The SMILES string of the molecule is CCc1ccc(NC(=O)C(=O)NN=Cc2ccc(OC)c(OC)c2)cc1. The highest BCUT2D eigenvalue weighted by Gasteiger charge is 2.12. The Kier molecular flexibility index (Phi) is 6.73. The van der Waals surface area contributed by atoms with E-state index < -0.39 is 11.8 Å². The number of hydrazone groups is 1. The normalized spacial score (nSPS) is 10.4. The number of nitrogens with one attached hydrogen (secondary N) is 2. The lowest BCUT2D eigenvalue weighted by atomic mass is 10.1. The Morgan fingerprint density at radius 2 is 1.69 bits per heavy atom. The molecule has 0 aliphatic heterocycles. The molecule has 0 saturated heterocycles. The lowest BCUT2D eigenvalue weighted by Crippen LogP contribution is -2.32. The highest BCUT2D eigenvalue weighted by molar-refractivity contribution is 6.39. The molecule has 7 nitrogen and oxygen atoms in total. The highest BCUT2D eigenvalue weighted by Crippen LogP contribution is 2.26. The van der Waals surface area contributed by atoms with Crippen LogP contribution in [0.3, 0.4) is 0 Å². The van der Waals surface area contributed by atoms with Gasteiger partial charge in [-0.05, 0) is 47.9 Å². The summed E-state index contributed by atoms with van der Waals surface area (Å²) in [5.74, 6) is -0.529. The first-order valence-corrected chi connectivity index (χ1v) is 8.02. The van der Waals surface area contributed by atoms with Gasteiger partial charge < -0.3 is 14.8 Å². The van der Waals surface area contributed by atoms with Gasteiger partial charge in [-0.15, -0.1) is 0 Å². The fourth-order valence-corrected chi connectivity index (χ4v) is 2.16. The second-order valence-electron chi connectivity index (χ2n) is 5.32. The molecule has 0 bridgehead atoms. The van der Waals surface area contributed by atoms with Gasteiger partial charge in [-0.2, -0.15) is 5.10 Å². The van der Waals surface area contributed by atoms with Crippen LogP contribution in [0.4, 0.5) is 5.69 Å². The van der Waals surface area contributed by atoms with Crippen molar-refractivity contribution in [3.63, 3.8) is 0 Å². The van der Waals surface area contributed by atoms with E-state index in [1.165, 1.54) is 13.3 Å². The Bertz CT molecular complexity index is 801. The molecular weight excluding hydrogens is 334 g/mol. The van der Waals surface area contributed by atoms with Crippen LogP contribution < -0.4 is 20.2 Å². The highest BCUT2D eigenvalue weighted by atomic mass is 16.5. The predicted molar refractivity (Wildman–Crippen MR) is 99.7 cm³/mol. The van der Waals surface area contributed by atoms with Crippen molar-refractivity contribution in [3.05, 3.63) is 53.6 Å². The van der Waals surface area contributed by atoms with Crippen LogP contribution in [0.15, 0.2) is 47.6 Å². The maximum absolute atomic E-state index is 11.9. The summed E-state index contributed by atoms with van der Waals surface area (Å²) in [6.45, 7) is 2.04. The summed E-state index contributed by atoms with van der Waals surface area (Å²) in [4.78, 5) is 23.7. The van der Waals surface area contributed by atoms with Crippen molar-refractivity contribution < 1.29 is 19.1 Å². The number of hydrogen-bond acceptors (Lipinski definition) is 5. The zero-order chi connectivity index (χ0) is 18.9. The summed E-state index contributed by atoms with van der Waals surface area (Å²) >= 11 is 0. The number of ether oxygens (including phenoxy) is 2. The molecule has 2 amide bonds. The number of nitrogens with zero attached hydrogens (tertiary/aromatic N) is 1. The van der Waals surface area contributed by atoms with Gasteiger partial charge in [0.1, 0.15) is 0 Å². The maximum atomic E-state index is 11.9. The number of hydrogen-bond donors (Lipinski definition) is 2. The molecule has 0 saturated carbocycles. The summed E-state index contributed by atoms with van der Waals surface area (Å²) in [5.41, 5.74) is 4.56. The van der Waals surface area contributed by atoms with Crippen molar-refractivity contribution in [2.24, 2.45) is 5.10 Å². The maximum Gasteiger partial charge on any atom is 0.329 e. The molecule has 7 heteroatoms. The lowest BCUT2D eigenvalue weighted by Gasteiger charge is -2.07. The molecule has 0 fully saturated rings. The smallest absolute Gasteiger partial charge is 0.329 e. The molecule has 136 valence electrons. The summed E-state index contributed by atoms with van der Waals surface area (Å²) in [6, 6.07) is 12.4. The van der Waals surface area contributed by atoms with Gasteiger partial charge in [-0.3, -0.25) is 9.59 Å². The summed E-state index contributed by atoms with van der Waals surface area (Å²) < 4.78 is 10.3. The summed E-state index contributed by atoms with van der Waals surface area (Å²) in [6.07, 6.45) is 2.31. The number of anilines is 1. The number of methoxy groups -OCH3 is 2. The second-order valence-corrected chi connectivity index (χ2v) is 5.32. The largest absolute Gasteiger partial charge is 0.493 e. The third-order valence-corrected chi connectivity index (χ3v) is 3.61. The Balaban J connectivity index is 1.92. The Morgan fingerprint density at radius 1 is 1.00 bits per heavy atom. The third-order valence-electron chi connectivity index (χ3n) is 3.61. The predicted octanol–water partition coefficient (Wildman–Crippen LogP) is 2.36. The molecule has 0 atom stereocenters. The second kappa shape index (κ2) is 9.22. The molecule has 2 aromatic carbocycles. The molecule has 0 spiro atoms. The minimum absolute atomic E-state index is 0.538. The molecule has 0 aromatic heterocycles.